The quantitative estimate of drug-likeness (QED) is 0.814. The summed E-state index contributed by atoms with van der Waals surface area (Å²) in [5, 5.41) is 11.9. The number of rotatable bonds is 6. The predicted octanol–water partition coefficient (Wildman–Crippen LogP) is 3.15. The van der Waals surface area contributed by atoms with Gasteiger partial charge in [0.25, 0.3) is 5.91 Å². The van der Waals surface area contributed by atoms with E-state index < -0.39 is 5.97 Å². The van der Waals surface area contributed by atoms with E-state index in [0.717, 1.165) is 6.42 Å². The lowest BCUT2D eigenvalue weighted by Gasteiger charge is -2.16. The molecule has 1 aliphatic carbocycles. The third-order valence-electron chi connectivity index (χ3n) is 4.78. The molecule has 2 amide bonds. The van der Waals surface area contributed by atoms with Gasteiger partial charge in [-0.25, -0.2) is 4.79 Å². The van der Waals surface area contributed by atoms with Gasteiger partial charge in [-0.1, -0.05) is 6.92 Å². The van der Waals surface area contributed by atoms with Crippen molar-refractivity contribution in [3.8, 4) is 0 Å². The van der Waals surface area contributed by atoms with Gasteiger partial charge in [0.05, 0.1) is 6.54 Å². The van der Waals surface area contributed by atoms with Gasteiger partial charge in [0.15, 0.2) is 0 Å². The average molecular weight is 370 g/mol. The SMILES string of the molecule is Cc1oc(CN(C)C(=O)c2ccc(NC(=O)C3CC3C)cc2)cc1C(=O)O. The maximum Gasteiger partial charge on any atom is 0.339 e. The van der Waals surface area contributed by atoms with E-state index in [1.807, 2.05) is 6.92 Å². The summed E-state index contributed by atoms with van der Waals surface area (Å²) < 4.78 is 5.41. The Morgan fingerprint density at radius 3 is 2.41 bits per heavy atom. The molecule has 7 heteroatoms. The molecular weight excluding hydrogens is 348 g/mol. The molecule has 2 atom stereocenters. The Kier molecular flexibility index (Phi) is 5.03. The molecule has 0 bridgehead atoms. The van der Waals surface area contributed by atoms with Gasteiger partial charge in [-0.3, -0.25) is 9.59 Å². The molecule has 0 spiro atoms. The van der Waals surface area contributed by atoms with Crippen molar-refractivity contribution in [1.29, 1.82) is 0 Å². The lowest BCUT2D eigenvalue weighted by Crippen LogP contribution is -2.26. The molecule has 2 aromatic rings. The van der Waals surface area contributed by atoms with Crippen molar-refractivity contribution < 1.29 is 23.9 Å². The van der Waals surface area contributed by atoms with Crippen molar-refractivity contribution in [2.45, 2.75) is 26.8 Å². The fraction of sp³-hybridized carbons (Fsp3) is 0.350. The maximum atomic E-state index is 12.5. The number of benzene rings is 1. The Balaban J connectivity index is 1.62. The highest BCUT2D eigenvalue weighted by Crippen LogP contribution is 2.38. The maximum absolute atomic E-state index is 12.5. The van der Waals surface area contributed by atoms with Crippen molar-refractivity contribution in [2.75, 3.05) is 12.4 Å². The number of furan rings is 1. The summed E-state index contributed by atoms with van der Waals surface area (Å²) in [7, 11) is 1.62. The molecule has 0 radical (unpaired) electrons. The van der Waals surface area contributed by atoms with Gasteiger partial charge in [0, 0.05) is 24.2 Å². The monoisotopic (exact) mass is 370 g/mol. The number of carboxylic acids is 1. The molecule has 0 aliphatic heterocycles. The minimum absolute atomic E-state index is 0.0149. The van der Waals surface area contributed by atoms with E-state index in [-0.39, 0.29) is 29.8 Å². The van der Waals surface area contributed by atoms with Crippen LogP contribution in [0.15, 0.2) is 34.7 Å². The first-order valence-corrected chi connectivity index (χ1v) is 8.75. The number of aromatic carboxylic acids is 1. The fourth-order valence-electron chi connectivity index (χ4n) is 2.98. The van der Waals surface area contributed by atoms with Crippen LogP contribution >= 0.6 is 0 Å². The van der Waals surface area contributed by atoms with Gasteiger partial charge in [0.2, 0.25) is 5.91 Å². The summed E-state index contributed by atoms with van der Waals surface area (Å²) in [6.45, 7) is 3.77. The summed E-state index contributed by atoms with van der Waals surface area (Å²) in [5.41, 5.74) is 1.22. The molecule has 1 saturated carbocycles. The molecule has 2 unspecified atom stereocenters. The van der Waals surface area contributed by atoms with Gasteiger partial charge in [-0.2, -0.15) is 0 Å². The van der Waals surface area contributed by atoms with E-state index in [2.05, 4.69) is 5.32 Å². The van der Waals surface area contributed by atoms with Crippen molar-refractivity contribution in [3.05, 3.63) is 53.0 Å². The van der Waals surface area contributed by atoms with E-state index in [1.54, 1.807) is 38.2 Å². The lowest BCUT2D eigenvalue weighted by molar-refractivity contribution is -0.117. The standard InChI is InChI=1S/C20H22N2O5/c1-11-8-16(11)18(23)21-14-6-4-13(5-7-14)19(24)22(3)10-15-9-17(20(25)26)12(2)27-15/h4-7,9,11,16H,8,10H2,1-3H3,(H,21,23)(H,25,26). The molecule has 7 nitrogen and oxygen atoms in total. The molecular formula is C20H22N2O5. The first-order chi connectivity index (χ1) is 12.8. The van der Waals surface area contributed by atoms with Crippen LogP contribution in [-0.4, -0.2) is 34.8 Å². The van der Waals surface area contributed by atoms with Crippen LogP contribution in [0.2, 0.25) is 0 Å². The normalized spacial score (nSPS) is 18.0. The van der Waals surface area contributed by atoms with Gasteiger partial charge < -0.3 is 19.7 Å². The van der Waals surface area contributed by atoms with Crippen molar-refractivity contribution in [2.24, 2.45) is 11.8 Å². The molecule has 0 saturated heterocycles. The minimum Gasteiger partial charge on any atom is -0.478 e. The van der Waals surface area contributed by atoms with Crippen molar-refractivity contribution in [3.63, 3.8) is 0 Å². The Morgan fingerprint density at radius 2 is 1.89 bits per heavy atom. The first kappa shape index (κ1) is 18.7. The summed E-state index contributed by atoms with van der Waals surface area (Å²) in [4.78, 5) is 37.0. The average Bonchev–Trinajstić information content (AvgIpc) is 3.24. The largest absolute Gasteiger partial charge is 0.478 e. The van der Waals surface area contributed by atoms with Gasteiger partial charge in [-0.05, 0) is 49.6 Å². The third kappa shape index (κ3) is 4.19. The highest BCUT2D eigenvalue weighted by atomic mass is 16.4. The Labute approximate surface area is 157 Å². The summed E-state index contributed by atoms with van der Waals surface area (Å²) >= 11 is 0. The van der Waals surface area contributed by atoms with Crippen LogP contribution in [0.3, 0.4) is 0 Å². The lowest BCUT2D eigenvalue weighted by atomic mass is 10.1. The Bertz CT molecular complexity index is 884. The number of hydrogen-bond acceptors (Lipinski definition) is 4. The number of amides is 2. The van der Waals surface area contributed by atoms with E-state index in [9.17, 15) is 14.4 Å². The first-order valence-electron chi connectivity index (χ1n) is 8.75. The molecule has 1 aromatic carbocycles. The van der Waals surface area contributed by atoms with Crippen LogP contribution in [-0.2, 0) is 11.3 Å². The molecule has 1 heterocycles. The van der Waals surface area contributed by atoms with E-state index in [4.69, 9.17) is 9.52 Å². The second kappa shape index (κ2) is 7.26. The smallest absolute Gasteiger partial charge is 0.339 e. The van der Waals surface area contributed by atoms with E-state index >= 15 is 0 Å². The second-order valence-electron chi connectivity index (χ2n) is 7.04. The van der Waals surface area contributed by atoms with Gasteiger partial charge in [-0.15, -0.1) is 0 Å². The number of carbonyl (C=O) groups is 3. The zero-order valence-electron chi connectivity index (χ0n) is 15.5. The van der Waals surface area contributed by atoms with Crippen molar-refractivity contribution >= 4 is 23.5 Å². The number of nitrogens with one attached hydrogen (secondary N) is 1. The molecule has 1 aliphatic rings. The fourth-order valence-corrected chi connectivity index (χ4v) is 2.98. The van der Waals surface area contributed by atoms with Crippen LogP contribution < -0.4 is 5.32 Å². The highest BCUT2D eigenvalue weighted by Gasteiger charge is 2.39. The Hall–Kier alpha value is -3.09. The van der Waals surface area contributed by atoms with Gasteiger partial charge >= 0.3 is 5.97 Å². The number of aryl methyl sites for hydroxylation is 1. The Morgan fingerprint density at radius 1 is 1.26 bits per heavy atom. The van der Waals surface area contributed by atoms with Crippen LogP contribution in [0, 0.1) is 18.8 Å². The van der Waals surface area contributed by atoms with Crippen molar-refractivity contribution in [1.82, 2.24) is 4.90 Å². The molecule has 1 aromatic heterocycles. The zero-order valence-corrected chi connectivity index (χ0v) is 15.5. The number of carboxylic acid groups (broad SMARTS) is 1. The summed E-state index contributed by atoms with van der Waals surface area (Å²) in [6.07, 6.45) is 0.920. The van der Waals surface area contributed by atoms with E-state index in [0.29, 0.717) is 28.7 Å². The third-order valence-corrected chi connectivity index (χ3v) is 4.78. The molecule has 2 N–H and O–H groups in total. The minimum atomic E-state index is -1.06. The number of anilines is 1. The number of carbonyl (C=O) groups excluding carboxylic acids is 2. The molecule has 3 rings (SSSR count). The van der Waals surface area contributed by atoms with E-state index in [1.165, 1.54) is 11.0 Å². The van der Waals surface area contributed by atoms with Gasteiger partial charge in [0.1, 0.15) is 17.1 Å². The predicted molar refractivity (Wildman–Crippen MR) is 98.5 cm³/mol. The molecule has 27 heavy (non-hydrogen) atoms. The zero-order chi connectivity index (χ0) is 19.7. The molecule has 142 valence electrons. The second-order valence-corrected chi connectivity index (χ2v) is 7.04. The summed E-state index contributed by atoms with van der Waals surface area (Å²) in [5.74, 6) is -0.0340. The van der Waals surface area contributed by atoms with Crippen LogP contribution in [0.4, 0.5) is 5.69 Å². The van der Waals surface area contributed by atoms with Crippen LogP contribution in [0.5, 0.6) is 0 Å². The topological polar surface area (TPSA) is 99.9 Å². The number of hydrogen-bond donors (Lipinski definition) is 2. The van der Waals surface area contributed by atoms with Crippen LogP contribution in [0.1, 0.15) is 45.6 Å². The van der Waals surface area contributed by atoms with Crippen LogP contribution in [0.25, 0.3) is 0 Å². The number of nitrogens with zero attached hydrogens (tertiary/aromatic N) is 1. The molecule has 1 fully saturated rings. The summed E-state index contributed by atoms with van der Waals surface area (Å²) in [6, 6.07) is 8.14. The highest BCUT2D eigenvalue weighted by molar-refractivity contribution is 5.97.